The van der Waals surface area contributed by atoms with Crippen LogP contribution in [0.5, 0.6) is 0 Å². The molecule has 17 heavy (non-hydrogen) atoms. The second kappa shape index (κ2) is 4.41. The minimum absolute atomic E-state index is 0.476. The van der Waals surface area contributed by atoms with Crippen molar-refractivity contribution in [1.82, 2.24) is 4.98 Å². The molecule has 2 rings (SSSR count). The number of pyridine rings is 1. The van der Waals surface area contributed by atoms with Gasteiger partial charge in [-0.1, -0.05) is 18.2 Å². The lowest BCUT2D eigenvalue weighted by atomic mass is 10.1. The first-order chi connectivity index (χ1) is 7.98. The van der Waals surface area contributed by atoms with Crippen molar-refractivity contribution in [2.24, 2.45) is 0 Å². The minimum Gasteiger partial charge on any atom is -0.256 e. The van der Waals surface area contributed by atoms with E-state index in [0.29, 0.717) is 16.2 Å². The van der Waals surface area contributed by atoms with Crippen LogP contribution in [0.25, 0.3) is 11.3 Å². The highest BCUT2D eigenvalue weighted by atomic mass is 32.1. The summed E-state index contributed by atoms with van der Waals surface area (Å²) in [6, 6.07) is 9.47. The van der Waals surface area contributed by atoms with Gasteiger partial charge in [0, 0.05) is 16.7 Å². The van der Waals surface area contributed by atoms with Crippen LogP contribution < -0.4 is 0 Å². The number of halogens is 3. The Hall–Kier alpha value is -1.49. The summed E-state index contributed by atoms with van der Waals surface area (Å²) in [6.07, 6.45) is -3.53. The molecule has 1 aromatic heterocycles. The molecule has 0 atom stereocenters. The Morgan fingerprint density at radius 2 is 1.71 bits per heavy atom. The number of aromatic nitrogens is 1. The van der Waals surface area contributed by atoms with Crippen molar-refractivity contribution in [3.05, 3.63) is 48.2 Å². The first kappa shape index (κ1) is 12.0. The van der Waals surface area contributed by atoms with Crippen molar-refractivity contribution in [2.45, 2.75) is 11.1 Å². The monoisotopic (exact) mass is 255 g/mol. The van der Waals surface area contributed by atoms with Crippen LogP contribution in [0.4, 0.5) is 13.2 Å². The van der Waals surface area contributed by atoms with E-state index in [1.165, 1.54) is 6.07 Å². The van der Waals surface area contributed by atoms with E-state index in [-0.39, 0.29) is 0 Å². The fourth-order valence-corrected chi connectivity index (χ4v) is 1.69. The van der Waals surface area contributed by atoms with Crippen LogP contribution in [0.15, 0.2) is 47.5 Å². The number of hydrogen-bond acceptors (Lipinski definition) is 2. The molecule has 0 aliphatic carbocycles. The fourth-order valence-electron chi connectivity index (χ4n) is 1.41. The normalized spacial score (nSPS) is 11.5. The molecular formula is C12H8F3NS. The smallest absolute Gasteiger partial charge is 0.256 e. The summed E-state index contributed by atoms with van der Waals surface area (Å²) in [5, 5.41) is 0. The summed E-state index contributed by atoms with van der Waals surface area (Å²) in [6.45, 7) is 0. The van der Waals surface area contributed by atoms with Crippen molar-refractivity contribution in [3.8, 4) is 11.3 Å². The maximum absolute atomic E-state index is 12.3. The summed E-state index contributed by atoms with van der Waals surface area (Å²) in [4.78, 5) is 4.49. The quantitative estimate of drug-likeness (QED) is 0.758. The first-order valence-electron chi connectivity index (χ1n) is 4.80. The average molecular weight is 255 g/mol. The highest BCUT2D eigenvalue weighted by molar-refractivity contribution is 7.80. The maximum atomic E-state index is 12.3. The van der Waals surface area contributed by atoms with E-state index in [2.05, 4.69) is 17.6 Å². The first-order valence-corrected chi connectivity index (χ1v) is 5.25. The molecule has 0 saturated heterocycles. The third-order valence-corrected chi connectivity index (χ3v) is 2.66. The maximum Gasteiger partial charge on any atom is 0.417 e. The van der Waals surface area contributed by atoms with E-state index < -0.39 is 11.7 Å². The molecular weight excluding hydrogens is 247 g/mol. The van der Waals surface area contributed by atoms with Crippen LogP contribution in [-0.2, 0) is 6.18 Å². The predicted octanol–water partition coefficient (Wildman–Crippen LogP) is 4.06. The summed E-state index contributed by atoms with van der Waals surface area (Å²) in [5.74, 6) is 0. The lowest BCUT2D eigenvalue weighted by Crippen LogP contribution is -2.05. The van der Waals surface area contributed by atoms with Crippen LogP contribution >= 0.6 is 12.6 Å². The highest BCUT2D eigenvalue weighted by Crippen LogP contribution is 2.30. The molecule has 0 fully saturated rings. The van der Waals surface area contributed by atoms with Gasteiger partial charge in [-0.2, -0.15) is 13.2 Å². The van der Waals surface area contributed by atoms with E-state index in [0.717, 1.165) is 12.3 Å². The van der Waals surface area contributed by atoms with Crippen LogP contribution in [0.2, 0.25) is 0 Å². The van der Waals surface area contributed by atoms with Crippen LogP contribution in [0, 0.1) is 0 Å². The number of nitrogens with zero attached hydrogens (tertiary/aromatic N) is 1. The van der Waals surface area contributed by atoms with Gasteiger partial charge in [-0.3, -0.25) is 4.98 Å². The third kappa shape index (κ3) is 2.61. The molecule has 0 amide bonds. The average Bonchev–Trinajstić information content (AvgIpc) is 2.29. The predicted molar refractivity (Wildman–Crippen MR) is 61.9 cm³/mol. The van der Waals surface area contributed by atoms with Gasteiger partial charge < -0.3 is 0 Å². The zero-order valence-electron chi connectivity index (χ0n) is 8.57. The minimum atomic E-state index is -4.36. The van der Waals surface area contributed by atoms with Gasteiger partial charge in [0.05, 0.1) is 11.3 Å². The van der Waals surface area contributed by atoms with Crippen LogP contribution in [-0.4, -0.2) is 4.98 Å². The second-order valence-corrected chi connectivity index (χ2v) is 3.93. The molecule has 0 bridgehead atoms. The number of hydrogen-bond donors (Lipinski definition) is 1. The molecule has 88 valence electrons. The largest absolute Gasteiger partial charge is 0.417 e. The number of alkyl halides is 3. The van der Waals surface area contributed by atoms with Gasteiger partial charge in [-0.25, -0.2) is 0 Å². The molecule has 0 radical (unpaired) electrons. The van der Waals surface area contributed by atoms with Crippen molar-refractivity contribution in [2.75, 3.05) is 0 Å². The summed E-state index contributed by atoms with van der Waals surface area (Å²) < 4.78 is 37.0. The van der Waals surface area contributed by atoms with Gasteiger partial charge in [-0.05, 0) is 18.2 Å². The summed E-state index contributed by atoms with van der Waals surface area (Å²) >= 11 is 4.23. The Morgan fingerprint density at radius 1 is 1.00 bits per heavy atom. The van der Waals surface area contributed by atoms with Gasteiger partial charge in [0.25, 0.3) is 0 Å². The topological polar surface area (TPSA) is 12.9 Å². The van der Waals surface area contributed by atoms with Gasteiger partial charge >= 0.3 is 6.18 Å². The molecule has 0 spiro atoms. The molecule has 0 aliphatic heterocycles. The third-order valence-electron chi connectivity index (χ3n) is 2.27. The van der Waals surface area contributed by atoms with E-state index in [9.17, 15) is 13.2 Å². The molecule has 0 unspecified atom stereocenters. The molecule has 0 saturated carbocycles. The molecule has 1 nitrogen and oxygen atoms in total. The molecule has 2 aromatic rings. The lowest BCUT2D eigenvalue weighted by Gasteiger charge is -2.08. The van der Waals surface area contributed by atoms with Crippen molar-refractivity contribution in [3.63, 3.8) is 0 Å². The van der Waals surface area contributed by atoms with Crippen LogP contribution in [0.1, 0.15) is 5.56 Å². The summed E-state index contributed by atoms with van der Waals surface area (Å²) in [7, 11) is 0. The highest BCUT2D eigenvalue weighted by Gasteiger charge is 2.30. The standard InChI is InChI=1S/C12H8F3NS/c13-12(14,15)8-5-6-10(16-7-8)9-3-1-2-4-11(9)17/h1-7,17H. The molecule has 0 N–H and O–H groups in total. The fraction of sp³-hybridized carbons (Fsp3) is 0.0833. The molecule has 1 aromatic carbocycles. The van der Waals surface area contributed by atoms with Gasteiger partial charge in [-0.15, -0.1) is 12.6 Å². The van der Waals surface area contributed by atoms with E-state index in [1.54, 1.807) is 24.3 Å². The van der Waals surface area contributed by atoms with E-state index in [4.69, 9.17) is 0 Å². The molecule has 5 heteroatoms. The SMILES string of the molecule is FC(F)(F)c1ccc(-c2ccccc2S)nc1. The molecule has 0 aliphatic rings. The Balaban J connectivity index is 2.40. The van der Waals surface area contributed by atoms with Crippen molar-refractivity contribution < 1.29 is 13.2 Å². The Morgan fingerprint density at radius 3 is 2.24 bits per heavy atom. The lowest BCUT2D eigenvalue weighted by molar-refractivity contribution is -0.137. The number of rotatable bonds is 1. The zero-order chi connectivity index (χ0) is 12.5. The Bertz CT molecular complexity index is 520. The zero-order valence-corrected chi connectivity index (χ0v) is 9.46. The number of benzene rings is 1. The van der Waals surface area contributed by atoms with Crippen molar-refractivity contribution >= 4 is 12.6 Å². The van der Waals surface area contributed by atoms with E-state index in [1.807, 2.05) is 0 Å². The van der Waals surface area contributed by atoms with Gasteiger partial charge in [0.1, 0.15) is 0 Å². The molecule has 1 heterocycles. The van der Waals surface area contributed by atoms with E-state index >= 15 is 0 Å². The number of thiol groups is 1. The summed E-state index contributed by atoms with van der Waals surface area (Å²) in [5.41, 5.74) is 0.436. The Labute approximate surface area is 102 Å². The van der Waals surface area contributed by atoms with Crippen LogP contribution in [0.3, 0.4) is 0 Å². The second-order valence-electron chi connectivity index (χ2n) is 3.45. The van der Waals surface area contributed by atoms with Gasteiger partial charge in [0.15, 0.2) is 0 Å². The van der Waals surface area contributed by atoms with Gasteiger partial charge in [0.2, 0.25) is 0 Å². The Kier molecular flexibility index (Phi) is 3.11. The van der Waals surface area contributed by atoms with Crippen molar-refractivity contribution in [1.29, 1.82) is 0 Å².